The molecule has 37 heavy (non-hydrogen) atoms. The molecule has 11 nitrogen and oxygen atoms in total. The third-order valence-corrected chi connectivity index (χ3v) is 5.08. The fraction of sp³-hybridized carbons (Fsp3) is 0.480. The number of nitrogen functional groups attached to an aromatic ring is 1. The first-order chi connectivity index (χ1) is 17.6. The van der Waals surface area contributed by atoms with Crippen molar-refractivity contribution in [2.24, 2.45) is 0 Å². The highest BCUT2D eigenvalue weighted by atomic mass is 19.1. The number of nitrogens with two attached hydrogens (primary N) is 1. The van der Waals surface area contributed by atoms with Gasteiger partial charge in [-0.25, -0.2) is 9.18 Å². The summed E-state index contributed by atoms with van der Waals surface area (Å²) in [4.78, 5) is 57.3. The zero-order valence-corrected chi connectivity index (χ0v) is 20.9. The second-order valence-electron chi connectivity index (χ2n) is 8.13. The van der Waals surface area contributed by atoms with Crippen LogP contribution in [0.2, 0.25) is 0 Å². The van der Waals surface area contributed by atoms with Gasteiger partial charge in [0.2, 0.25) is 11.9 Å². The van der Waals surface area contributed by atoms with E-state index in [1.54, 1.807) is 19.9 Å². The number of alkyl halides is 1. The molecule has 1 unspecified atom stereocenters. The molecule has 0 aliphatic heterocycles. The summed E-state index contributed by atoms with van der Waals surface area (Å²) in [6.07, 6.45) is -1.42. The smallest absolute Gasteiger partial charge is 0.328 e. The van der Waals surface area contributed by atoms with Gasteiger partial charge < -0.3 is 25.5 Å². The summed E-state index contributed by atoms with van der Waals surface area (Å²) in [5, 5.41) is 2.82. The van der Waals surface area contributed by atoms with Crippen molar-refractivity contribution in [2.75, 3.05) is 18.9 Å². The fourth-order valence-electron chi connectivity index (χ4n) is 3.44. The predicted molar refractivity (Wildman–Crippen MR) is 135 cm³/mol. The van der Waals surface area contributed by atoms with E-state index in [2.05, 4.69) is 38.7 Å². The summed E-state index contributed by atoms with van der Waals surface area (Å²) in [5.74, 6) is 3.77. The summed E-state index contributed by atoms with van der Waals surface area (Å²) in [7, 11) is 0. The molecule has 5 N–H and O–H groups in total. The van der Waals surface area contributed by atoms with E-state index in [0.29, 0.717) is 29.4 Å². The summed E-state index contributed by atoms with van der Waals surface area (Å²) in [5.41, 5.74) is 6.64. The zero-order chi connectivity index (χ0) is 27.4. The number of H-pyrrole nitrogens is 2. The SMILES string of the molecule is C=C(C#CCCc1cc2c(=O)[nH]c(N)nc2[nH]1)CC(F)CC(=O)N[C@@H](CCC(=O)OCC)C(=O)OCC. The second kappa shape index (κ2) is 14.4. The molecule has 2 heterocycles. The van der Waals surface area contributed by atoms with Crippen molar-refractivity contribution in [1.29, 1.82) is 0 Å². The van der Waals surface area contributed by atoms with Crippen LogP contribution in [0.25, 0.3) is 11.0 Å². The van der Waals surface area contributed by atoms with Crippen LogP contribution in [0.5, 0.6) is 0 Å². The summed E-state index contributed by atoms with van der Waals surface area (Å²) < 4.78 is 24.2. The van der Waals surface area contributed by atoms with E-state index >= 15 is 0 Å². The number of halogens is 1. The number of carbonyl (C=O) groups is 3. The quantitative estimate of drug-likeness (QED) is 0.230. The number of nitrogens with one attached hydrogen (secondary N) is 3. The van der Waals surface area contributed by atoms with Crippen molar-refractivity contribution in [2.45, 2.75) is 64.6 Å². The van der Waals surface area contributed by atoms with Crippen LogP contribution in [0.15, 0.2) is 23.0 Å². The normalized spacial score (nSPS) is 12.2. The average molecular weight is 518 g/mol. The van der Waals surface area contributed by atoms with E-state index in [4.69, 9.17) is 15.2 Å². The Labute approximate surface area is 213 Å². The molecule has 0 radical (unpaired) electrons. The number of fused-ring (bicyclic) bond motifs is 1. The van der Waals surface area contributed by atoms with E-state index in [1.807, 2.05) is 0 Å². The molecule has 0 fully saturated rings. The first-order valence-electron chi connectivity index (χ1n) is 11.9. The highest BCUT2D eigenvalue weighted by Crippen LogP contribution is 2.13. The topological polar surface area (TPSA) is 169 Å². The Kier molecular flexibility index (Phi) is 11.3. The van der Waals surface area contributed by atoms with Crippen molar-refractivity contribution in [3.8, 4) is 11.8 Å². The number of aromatic nitrogens is 3. The van der Waals surface area contributed by atoms with E-state index < -0.39 is 36.5 Å². The van der Waals surface area contributed by atoms with Crippen LogP contribution in [0.1, 0.15) is 51.6 Å². The first kappa shape index (κ1) is 29.1. The van der Waals surface area contributed by atoms with Crippen molar-refractivity contribution >= 4 is 34.8 Å². The van der Waals surface area contributed by atoms with Gasteiger partial charge in [0, 0.05) is 25.0 Å². The highest BCUT2D eigenvalue weighted by molar-refractivity contribution is 5.85. The predicted octanol–water partition coefficient (Wildman–Crippen LogP) is 1.84. The lowest BCUT2D eigenvalue weighted by atomic mass is 10.1. The number of allylic oxidation sites excluding steroid dienone is 1. The van der Waals surface area contributed by atoms with E-state index in [0.717, 1.165) is 5.69 Å². The second-order valence-corrected chi connectivity index (χ2v) is 8.13. The van der Waals surface area contributed by atoms with Crippen LogP contribution in [0, 0.1) is 11.8 Å². The van der Waals surface area contributed by atoms with Gasteiger partial charge in [-0.05, 0) is 38.3 Å². The number of ether oxygens (including phenoxy) is 2. The molecule has 1 amide bonds. The molecule has 0 bridgehead atoms. The number of hydrogen-bond donors (Lipinski definition) is 4. The molecule has 0 spiro atoms. The molecule has 12 heteroatoms. The highest BCUT2D eigenvalue weighted by Gasteiger charge is 2.24. The number of hydrogen-bond acceptors (Lipinski definition) is 8. The van der Waals surface area contributed by atoms with Crippen LogP contribution in [0.3, 0.4) is 0 Å². The molecule has 2 aromatic heterocycles. The Bertz CT molecular complexity index is 1240. The lowest BCUT2D eigenvalue weighted by Crippen LogP contribution is -2.43. The van der Waals surface area contributed by atoms with Crippen molar-refractivity contribution in [1.82, 2.24) is 20.3 Å². The van der Waals surface area contributed by atoms with Gasteiger partial charge in [-0.15, -0.1) is 0 Å². The number of esters is 2. The van der Waals surface area contributed by atoms with Crippen molar-refractivity contribution in [3.63, 3.8) is 0 Å². The van der Waals surface area contributed by atoms with Crippen molar-refractivity contribution < 1.29 is 28.2 Å². The molecule has 0 aliphatic rings. The largest absolute Gasteiger partial charge is 0.466 e. The molecule has 2 aromatic rings. The van der Waals surface area contributed by atoms with E-state index in [-0.39, 0.29) is 44.0 Å². The van der Waals surface area contributed by atoms with Gasteiger partial charge in [-0.1, -0.05) is 18.4 Å². The van der Waals surface area contributed by atoms with Gasteiger partial charge in [-0.3, -0.25) is 19.4 Å². The lowest BCUT2D eigenvalue weighted by Gasteiger charge is -2.17. The third-order valence-electron chi connectivity index (χ3n) is 5.08. The molecule has 0 saturated heterocycles. The summed E-state index contributed by atoms with van der Waals surface area (Å²) >= 11 is 0. The number of rotatable bonds is 13. The van der Waals surface area contributed by atoms with Crippen LogP contribution in [0.4, 0.5) is 10.3 Å². The van der Waals surface area contributed by atoms with Crippen LogP contribution < -0.4 is 16.6 Å². The molecule has 0 aliphatic carbocycles. The Balaban J connectivity index is 1.81. The summed E-state index contributed by atoms with van der Waals surface area (Å²) in [6, 6.07) is 0.586. The Morgan fingerprint density at radius 2 is 1.95 bits per heavy atom. The van der Waals surface area contributed by atoms with E-state index in [1.165, 1.54) is 0 Å². The Hall–Kier alpha value is -4.14. The minimum absolute atomic E-state index is 0.0181. The molecule has 2 atom stereocenters. The van der Waals surface area contributed by atoms with Gasteiger partial charge in [0.05, 0.1) is 25.0 Å². The van der Waals surface area contributed by atoms with Crippen molar-refractivity contribution in [3.05, 3.63) is 34.3 Å². The number of aryl methyl sites for hydroxylation is 1. The number of nitrogens with zero attached hydrogens (tertiary/aromatic N) is 1. The minimum Gasteiger partial charge on any atom is -0.466 e. The maximum atomic E-state index is 14.4. The molecule has 2 rings (SSSR count). The molecular weight excluding hydrogens is 485 g/mol. The van der Waals surface area contributed by atoms with Gasteiger partial charge in [-0.2, -0.15) is 4.98 Å². The number of carbonyl (C=O) groups excluding carboxylic acids is 3. The molecule has 0 saturated carbocycles. The van der Waals surface area contributed by atoms with E-state index in [9.17, 15) is 23.6 Å². The van der Waals surface area contributed by atoms with Gasteiger partial charge in [0.15, 0.2) is 0 Å². The van der Waals surface area contributed by atoms with Gasteiger partial charge >= 0.3 is 11.9 Å². The summed E-state index contributed by atoms with van der Waals surface area (Å²) in [6.45, 7) is 7.30. The average Bonchev–Trinajstić information content (AvgIpc) is 3.22. The Morgan fingerprint density at radius 1 is 1.22 bits per heavy atom. The zero-order valence-electron chi connectivity index (χ0n) is 20.9. The number of aromatic amines is 2. The number of anilines is 1. The standard InChI is InChI=1S/C25H32FN5O6/c1-4-36-21(33)11-10-19(24(35)37-5-2)29-20(32)13-16(26)12-15(3)8-6-7-9-17-14-18-22(28-17)30-25(27)31-23(18)34/h14,16,19H,3-5,7,9-13H2,1-2H3,(H,29,32)(H4,27,28,30,31,34)/t16?,19-/m0/s1. The number of amides is 1. The van der Waals surface area contributed by atoms with Crippen LogP contribution >= 0.6 is 0 Å². The monoisotopic (exact) mass is 517 g/mol. The van der Waals surface area contributed by atoms with Gasteiger partial charge in [0.25, 0.3) is 5.56 Å². The van der Waals surface area contributed by atoms with Gasteiger partial charge in [0.1, 0.15) is 17.9 Å². The fourth-order valence-corrected chi connectivity index (χ4v) is 3.44. The van der Waals surface area contributed by atoms with Crippen LogP contribution in [-0.4, -0.2) is 58.2 Å². The maximum Gasteiger partial charge on any atom is 0.328 e. The third kappa shape index (κ3) is 9.79. The molecule has 200 valence electrons. The minimum atomic E-state index is -1.56. The first-order valence-corrected chi connectivity index (χ1v) is 11.9. The lowest BCUT2D eigenvalue weighted by molar-refractivity contribution is -0.149. The Morgan fingerprint density at radius 3 is 2.65 bits per heavy atom. The molecule has 0 aromatic carbocycles. The van der Waals surface area contributed by atoms with Crippen LogP contribution in [-0.2, 0) is 30.3 Å². The molecular formula is C25H32FN5O6. The maximum absolute atomic E-state index is 14.4.